The first kappa shape index (κ1) is 14.3. The standard InChI is InChI=1S/C14H24N2O3/c1-9(14(18)19)16(2)13(17)12-8-7-10-5-3-4-6-11(10)15-12/h9-12,15H,3-8H2,1-2H3,(H,18,19). The molecule has 2 aliphatic rings. The average Bonchev–Trinajstić information content (AvgIpc) is 2.44. The number of likely N-dealkylation sites (N-methyl/N-ethyl adjacent to an activating group) is 1. The number of nitrogens with one attached hydrogen (secondary N) is 1. The average molecular weight is 268 g/mol. The van der Waals surface area contributed by atoms with Crippen LogP contribution in [0.1, 0.15) is 45.4 Å². The molecule has 4 unspecified atom stereocenters. The van der Waals surface area contributed by atoms with Gasteiger partial charge in [-0.05, 0) is 38.5 Å². The van der Waals surface area contributed by atoms with E-state index in [4.69, 9.17) is 5.11 Å². The topological polar surface area (TPSA) is 69.6 Å². The van der Waals surface area contributed by atoms with E-state index < -0.39 is 12.0 Å². The quantitative estimate of drug-likeness (QED) is 0.807. The Kier molecular flexibility index (Phi) is 4.45. The number of carboxylic acids is 1. The Hall–Kier alpha value is -1.10. The van der Waals surface area contributed by atoms with Gasteiger partial charge in [0.15, 0.2) is 0 Å². The zero-order valence-corrected chi connectivity index (χ0v) is 11.8. The molecule has 0 aromatic heterocycles. The van der Waals surface area contributed by atoms with Gasteiger partial charge >= 0.3 is 5.97 Å². The highest BCUT2D eigenvalue weighted by atomic mass is 16.4. The predicted molar refractivity (Wildman–Crippen MR) is 71.8 cm³/mol. The first-order valence-electron chi connectivity index (χ1n) is 7.26. The van der Waals surface area contributed by atoms with Gasteiger partial charge in [-0.1, -0.05) is 12.8 Å². The first-order valence-corrected chi connectivity index (χ1v) is 7.26. The van der Waals surface area contributed by atoms with Gasteiger partial charge in [0, 0.05) is 13.1 Å². The Labute approximate surface area is 114 Å². The smallest absolute Gasteiger partial charge is 0.326 e. The molecule has 1 amide bonds. The molecule has 19 heavy (non-hydrogen) atoms. The molecule has 4 atom stereocenters. The molecule has 1 aliphatic carbocycles. The van der Waals surface area contributed by atoms with Crippen molar-refractivity contribution < 1.29 is 14.7 Å². The number of carbonyl (C=O) groups excluding carboxylic acids is 1. The molecule has 2 fully saturated rings. The second-order valence-electron chi connectivity index (χ2n) is 5.91. The van der Waals surface area contributed by atoms with Crippen LogP contribution in [0.15, 0.2) is 0 Å². The minimum Gasteiger partial charge on any atom is -0.480 e. The molecule has 0 bridgehead atoms. The van der Waals surface area contributed by atoms with Gasteiger partial charge in [0.1, 0.15) is 6.04 Å². The Bertz CT molecular complexity index is 359. The molecule has 2 rings (SSSR count). The zero-order valence-electron chi connectivity index (χ0n) is 11.8. The highest BCUT2D eigenvalue weighted by Crippen LogP contribution is 2.32. The van der Waals surface area contributed by atoms with E-state index in [0.29, 0.717) is 12.0 Å². The van der Waals surface area contributed by atoms with Crippen LogP contribution in [-0.4, -0.2) is 47.1 Å². The predicted octanol–water partition coefficient (Wildman–Crippen LogP) is 1.23. The highest BCUT2D eigenvalue weighted by Gasteiger charge is 2.36. The van der Waals surface area contributed by atoms with E-state index in [1.165, 1.54) is 24.2 Å². The molecule has 1 heterocycles. The molecule has 0 spiro atoms. The largest absolute Gasteiger partial charge is 0.480 e. The maximum absolute atomic E-state index is 12.3. The number of rotatable bonds is 3. The van der Waals surface area contributed by atoms with E-state index in [-0.39, 0.29) is 11.9 Å². The first-order chi connectivity index (χ1) is 9.00. The number of carbonyl (C=O) groups is 2. The van der Waals surface area contributed by atoms with E-state index in [2.05, 4.69) is 5.32 Å². The number of piperidine rings is 1. The molecule has 108 valence electrons. The molecule has 0 radical (unpaired) electrons. The second-order valence-corrected chi connectivity index (χ2v) is 5.91. The summed E-state index contributed by atoms with van der Waals surface area (Å²) < 4.78 is 0. The maximum atomic E-state index is 12.3. The lowest BCUT2D eigenvalue weighted by atomic mass is 9.77. The minimum absolute atomic E-state index is 0.0843. The van der Waals surface area contributed by atoms with Gasteiger partial charge in [0.25, 0.3) is 0 Å². The van der Waals surface area contributed by atoms with Crippen molar-refractivity contribution in [2.24, 2.45) is 5.92 Å². The molecule has 1 saturated heterocycles. The van der Waals surface area contributed by atoms with Gasteiger partial charge in [0.05, 0.1) is 6.04 Å². The van der Waals surface area contributed by atoms with Crippen molar-refractivity contribution in [1.29, 1.82) is 0 Å². The molecular weight excluding hydrogens is 244 g/mol. The SMILES string of the molecule is CC(C(=O)O)N(C)C(=O)C1CCC2CCCCC2N1. The molecule has 0 aromatic rings. The van der Waals surface area contributed by atoms with Gasteiger partial charge in [0.2, 0.25) is 5.91 Å². The molecule has 0 aromatic carbocycles. The summed E-state index contributed by atoms with van der Waals surface area (Å²) in [5, 5.41) is 12.4. The molecule has 1 aliphatic heterocycles. The van der Waals surface area contributed by atoms with Crippen molar-refractivity contribution in [2.45, 2.75) is 63.6 Å². The van der Waals surface area contributed by atoms with E-state index in [9.17, 15) is 9.59 Å². The lowest BCUT2D eigenvalue weighted by Crippen LogP contribution is -2.57. The van der Waals surface area contributed by atoms with Crippen LogP contribution in [0.3, 0.4) is 0 Å². The maximum Gasteiger partial charge on any atom is 0.326 e. The Morgan fingerprint density at radius 1 is 1.21 bits per heavy atom. The molecular formula is C14H24N2O3. The molecule has 5 heteroatoms. The summed E-state index contributed by atoms with van der Waals surface area (Å²) in [5.74, 6) is -0.332. The summed E-state index contributed by atoms with van der Waals surface area (Å²) in [4.78, 5) is 24.6. The van der Waals surface area contributed by atoms with E-state index >= 15 is 0 Å². The fourth-order valence-corrected chi connectivity index (χ4v) is 3.29. The summed E-state index contributed by atoms with van der Waals surface area (Å²) in [6.07, 6.45) is 6.86. The summed E-state index contributed by atoms with van der Waals surface area (Å²) in [6.45, 7) is 1.55. The second kappa shape index (κ2) is 5.90. The van der Waals surface area contributed by atoms with Crippen LogP contribution in [0, 0.1) is 5.92 Å². The van der Waals surface area contributed by atoms with Crippen LogP contribution in [0.25, 0.3) is 0 Å². The number of carboxylic acid groups (broad SMARTS) is 1. The van der Waals surface area contributed by atoms with Gasteiger partial charge in [-0.15, -0.1) is 0 Å². The summed E-state index contributed by atoms with van der Waals surface area (Å²) in [6, 6.07) is -0.519. The van der Waals surface area contributed by atoms with Crippen LogP contribution in [0.5, 0.6) is 0 Å². The summed E-state index contributed by atoms with van der Waals surface area (Å²) in [7, 11) is 1.58. The normalized spacial score (nSPS) is 32.2. The van der Waals surface area contributed by atoms with Gasteiger partial charge in [-0.3, -0.25) is 4.79 Å². The molecule has 1 saturated carbocycles. The zero-order chi connectivity index (χ0) is 14.0. The van der Waals surface area contributed by atoms with Gasteiger partial charge < -0.3 is 15.3 Å². The Balaban J connectivity index is 1.95. The van der Waals surface area contributed by atoms with Crippen LogP contribution < -0.4 is 5.32 Å². The van der Waals surface area contributed by atoms with E-state index in [0.717, 1.165) is 19.3 Å². The third-order valence-electron chi connectivity index (χ3n) is 4.73. The third kappa shape index (κ3) is 3.08. The van der Waals surface area contributed by atoms with Crippen molar-refractivity contribution in [3.05, 3.63) is 0 Å². The molecule has 5 nitrogen and oxygen atoms in total. The van der Waals surface area contributed by atoms with Crippen molar-refractivity contribution in [1.82, 2.24) is 10.2 Å². The number of nitrogens with zero attached hydrogens (tertiary/aromatic N) is 1. The van der Waals surface area contributed by atoms with Crippen molar-refractivity contribution in [3.63, 3.8) is 0 Å². The van der Waals surface area contributed by atoms with Crippen LogP contribution in [0.2, 0.25) is 0 Å². The van der Waals surface area contributed by atoms with Crippen LogP contribution in [-0.2, 0) is 9.59 Å². The number of amides is 1. The van der Waals surface area contributed by atoms with E-state index in [1.807, 2.05) is 0 Å². The Morgan fingerprint density at radius 2 is 1.89 bits per heavy atom. The minimum atomic E-state index is -0.956. The molecule has 2 N–H and O–H groups in total. The third-order valence-corrected chi connectivity index (χ3v) is 4.73. The van der Waals surface area contributed by atoms with E-state index in [1.54, 1.807) is 14.0 Å². The number of aliphatic carboxylic acids is 1. The summed E-state index contributed by atoms with van der Waals surface area (Å²) >= 11 is 0. The van der Waals surface area contributed by atoms with Crippen LogP contribution >= 0.6 is 0 Å². The van der Waals surface area contributed by atoms with Crippen LogP contribution in [0.4, 0.5) is 0 Å². The van der Waals surface area contributed by atoms with Gasteiger partial charge in [-0.25, -0.2) is 4.79 Å². The fourth-order valence-electron chi connectivity index (χ4n) is 3.29. The summed E-state index contributed by atoms with van der Waals surface area (Å²) in [5.41, 5.74) is 0. The number of hydrogen-bond acceptors (Lipinski definition) is 3. The lowest BCUT2D eigenvalue weighted by molar-refractivity contribution is -0.149. The van der Waals surface area contributed by atoms with Crippen molar-refractivity contribution >= 4 is 11.9 Å². The monoisotopic (exact) mass is 268 g/mol. The van der Waals surface area contributed by atoms with Crippen molar-refractivity contribution in [3.8, 4) is 0 Å². The fraction of sp³-hybridized carbons (Fsp3) is 0.857. The highest BCUT2D eigenvalue weighted by molar-refractivity contribution is 5.86. The van der Waals surface area contributed by atoms with Gasteiger partial charge in [-0.2, -0.15) is 0 Å². The number of hydrogen-bond donors (Lipinski definition) is 2. The Morgan fingerprint density at radius 3 is 2.58 bits per heavy atom. The number of fused-ring (bicyclic) bond motifs is 1. The lowest BCUT2D eigenvalue weighted by Gasteiger charge is -2.41. The van der Waals surface area contributed by atoms with Crippen molar-refractivity contribution in [2.75, 3.05) is 7.05 Å².